The average molecular weight is 623 g/mol. The molecule has 1 amide bonds. The summed E-state index contributed by atoms with van der Waals surface area (Å²) in [6.07, 6.45) is 13.2. The van der Waals surface area contributed by atoms with Crippen molar-refractivity contribution in [1.82, 2.24) is 10.2 Å². The number of ether oxygens (including phenoxy) is 3. The molecule has 0 aromatic rings. The second-order valence-electron chi connectivity index (χ2n) is 12.9. The summed E-state index contributed by atoms with van der Waals surface area (Å²) < 4.78 is 18.3. The van der Waals surface area contributed by atoms with Crippen molar-refractivity contribution in [3.8, 4) is 0 Å². The van der Waals surface area contributed by atoms with Crippen molar-refractivity contribution in [2.24, 2.45) is 11.8 Å². The van der Waals surface area contributed by atoms with E-state index in [0.29, 0.717) is 51.3 Å². The number of carbonyl (C=O) groups is 1. The first kappa shape index (κ1) is 35.0. The normalized spacial score (nSPS) is 36.8. The van der Waals surface area contributed by atoms with Crippen molar-refractivity contribution >= 4 is 5.91 Å². The summed E-state index contributed by atoms with van der Waals surface area (Å²) in [5.41, 5.74) is 0. The van der Waals surface area contributed by atoms with E-state index in [1.165, 1.54) is 12.8 Å². The number of nitrogens with zero attached hydrogens (tertiary/aromatic N) is 1. The summed E-state index contributed by atoms with van der Waals surface area (Å²) in [7, 11) is 0. The third-order valence-electron chi connectivity index (χ3n) is 9.18. The highest BCUT2D eigenvalue weighted by Gasteiger charge is 2.49. The average Bonchev–Trinajstić information content (AvgIpc) is 3.80. The van der Waals surface area contributed by atoms with Crippen LogP contribution in [0.4, 0.5) is 0 Å². The van der Waals surface area contributed by atoms with Gasteiger partial charge in [0.2, 0.25) is 5.91 Å². The van der Waals surface area contributed by atoms with Crippen molar-refractivity contribution in [2.45, 2.75) is 133 Å². The lowest BCUT2D eigenvalue weighted by molar-refractivity contribution is -0.330. The van der Waals surface area contributed by atoms with Crippen molar-refractivity contribution in [2.75, 3.05) is 19.8 Å². The Balaban J connectivity index is 1.38. The number of aliphatic hydroxyl groups is 5. The van der Waals surface area contributed by atoms with E-state index in [4.69, 9.17) is 14.2 Å². The molecule has 2 saturated carbocycles. The number of rotatable bonds is 16. The van der Waals surface area contributed by atoms with Crippen molar-refractivity contribution < 1.29 is 44.5 Å². The van der Waals surface area contributed by atoms with Crippen LogP contribution in [0.5, 0.6) is 0 Å². The van der Waals surface area contributed by atoms with Gasteiger partial charge >= 0.3 is 0 Å². The zero-order valence-corrected chi connectivity index (χ0v) is 26.2. The van der Waals surface area contributed by atoms with E-state index in [1.54, 1.807) is 13.0 Å². The van der Waals surface area contributed by atoms with E-state index in [9.17, 15) is 30.3 Å². The van der Waals surface area contributed by atoms with Crippen molar-refractivity contribution in [1.29, 1.82) is 0 Å². The zero-order chi connectivity index (χ0) is 31.7. The molecule has 10 atom stereocenters. The maximum absolute atomic E-state index is 11.7. The summed E-state index contributed by atoms with van der Waals surface area (Å²) in [6.45, 7) is 4.32. The number of nitrogens with one attached hydrogen (secondary N) is 1. The minimum atomic E-state index is -1.26. The molecule has 4 aliphatic rings. The Morgan fingerprint density at radius 2 is 2.02 bits per heavy atom. The fourth-order valence-corrected chi connectivity index (χ4v) is 6.73. The highest BCUT2D eigenvalue weighted by atomic mass is 16.7. The molecule has 11 heteroatoms. The monoisotopic (exact) mass is 622 g/mol. The van der Waals surface area contributed by atoms with Crippen LogP contribution in [-0.2, 0) is 19.0 Å². The number of unbranched alkanes of at least 4 members (excludes halogenated alkanes) is 1. The minimum Gasteiger partial charge on any atom is -0.394 e. The largest absolute Gasteiger partial charge is 0.394 e. The van der Waals surface area contributed by atoms with Crippen LogP contribution in [0.1, 0.15) is 78.1 Å². The van der Waals surface area contributed by atoms with E-state index in [2.05, 4.69) is 16.4 Å². The second-order valence-corrected chi connectivity index (χ2v) is 12.9. The van der Waals surface area contributed by atoms with Crippen LogP contribution in [0.3, 0.4) is 0 Å². The van der Waals surface area contributed by atoms with Gasteiger partial charge in [0.25, 0.3) is 0 Å². The van der Waals surface area contributed by atoms with E-state index in [0.717, 1.165) is 12.8 Å². The van der Waals surface area contributed by atoms with Gasteiger partial charge < -0.3 is 50.0 Å². The van der Waals surface area contributed by atoms with E-state index in [1.807, 2.05) is 31.2 Å². The Kier molecular flexibility index (Phi) is 13.3. The molecule has 250 valence electrons. The maximum Gasteiger partial charge on any atom is 0.219 e. The van der Waals surface area contributed by atoms with Crippen LogP contribution >= 0.6 is 0 Å². The molecule has 2 aliphatic carbocycles. The smallest absolute Gasteiger partial charge is 0.219 e. The van der Waals surface area contributed by atoms with Gasteiger partial charge in [-0.15, -0.1) is 0 Å². The summed E-state index contributed by atoms with van der Waals surface area (Å²) in [5.74, 6) is -1.66. The Morgan fingerprint density at radius 1 is 1.23 bits per heavy atom. The summed E-state index contributed by atoms with van der Waals surface area (Å²) in [4.78, 5) is 14.0. The van der Waals surface area contributed by atoms with Gasteiger partial charge in [-0.1, -0.05) is 24.3 Å². The van der Waals surface area contributed by atoms with Crippen LogP contribution in [0.15, 0.2) is 36.6 Å². The second kappa shape index (κ2) is 16.6. The molecule has 6 N–H and O–H groups in total. The first-order valence-electron chi connectivity index (χ1n) is 16.5. The number of aliphatic hydroxyl groups excluding tert-OH is 5. The predicted molar refractivity (Wildman–Crippen MR) is 164 cm³/mol. The van der Waals surface area contributed by atoms with Crippen LogP contribution in [0, 0.1) is 11.8 Å². The Morgan fingerprint density at radius 3 is 2.75 bits per heavy atom. The minimum absolute atomic E-state index is 0.0230. The topological polar surface area (TPSA) is 161 Å². The Labute approximate surface area is 261 Å². The molecule has 3 fully saturated rings. The van der Waals surface area contributed by atoms with Gasteiger partial charge in [0.15, 0.2) is 5.79 Å². The fourth-order valence-electron chi connectivity index (χ4n) is 6.73. The Bertz CT molecular complexity index is 988. The molecule has 0 spiro atoms. The highest BCUT2D eigenvalue weighted by Crippen LogP contribution is 2.42. The molecule has 11 nitrogen and oxygen atoms in total. The summed E-state index contributed by atoms with van der Waals surface area (Å²) >= 11 is 0. The van der Waals surface area contributed by atoms with Crippen molar-refractivity contribution in [3.63, 3.8) is 0 Å². The molecule has 4 rings (SSSR count). The van der Waals surface area contributed by atoms with Crippen LogP contribution < -0.4 is 5.32 Å². The van der Waals surface area contributed by atoms with Gasteiger partial charge in [-0.25, -0.2) is 0 Å². The van der Waals surface area contributed by atoms with E-state index >= 15 is 0 Å². The number of carbonyl (C=O) groups excluding carboxylic acids is 1. The lowest BCUT2D eigenvalue weighted by atomic mass is 9.89. The number of amides is 1. The molecular weight excluding hydrogens is 568 g/mol. The van der Waals surface area contributed by atoms with Gasteiger partial charge in [0, 0.05) is 44.0 Å². The molecule has 0 aromatic carbocycles. The van der Waals surface area contributed by atoms with Gasteiger partial charge in [0.1, 0.15) is 18.4 Å². The molecule has 2 unspecified atom stereocenters. The van der Waals surface area contributed by atoms with E-state index in [-0.39, 0.29) is 30.4 Å². The quantitative estimate of drug-likeness (QED) is 0.111. The van der Waals surface area contributed by atoms with Crippen LogP contribution in [0.2, 0.25) is 0 Å². The molecule has 2 aliphatic heterocycles. The molecular formula is C33H54N2O9. The summed E-state index contributed by atoms with van der Waals surface area (Å²) in [5, 5.41) is 55.1. The molecule has 0 bridgehead atoms. The van der Waals surface area contributed by atoms with Crippen LogP contribution in [-0.4, -0.2) is 111 Å². The van der Waals surface area contributed by atoms with Gasteiger partial charge in [0.05, 0.1) is 37.6 Å². The number of hydrogen-bond acceptors (Lipinski definition) is 10. The first-order valence-corrected chi connectivity index (χ1v) is 16.5. The zero-order valence-electron chi connectivity index (χ0n) is 26.2. The van der Waals surface area contributed by atoms with E-state index < -0.39 is 49.0 Å². The SMILES string of the molecule is CCNC(=O)CCCC=CC[C@@H]1[C@@H](C=C[C@@H](O)CCC2OCC=CN2C2CC2)[C@H](O)C[C@@H]1O[C@]1(C)C[C@H](O)[C@H](O)C(CO)O1. The standard InChI is InChI=1S/C33H54N2O9/c1-3-34-30(40)10-7-5-4-6-9-25-24(15-13-23(37)14-16-31-35(22-11-12-22)17-8-18-42-31)26(38)19-28(25)43-33(2)20-27(39)32(41)29(21-36)44-33/h4,6,8,13,15,17,22-29,31-32,36-39,41H,3,5,7,9-12,14,16,18-21H2,1-2H3,(H,34,40)/t23-,24-,25-,26-,27+,28+,29?,31?,32+,33+/m1/s1. The van der Waals surface area contributed by atoms with Crippen molar-refractivity contribution in [3.05, 3.63) is 36.6 Å². The molecule has 0 radical (unpaired) electrons. The predicted octanol–water partition coefficient (Wildman–Crippen LogP) is 1.87. The molecule has 2 heterocycles. The van der Waals surface area contributed by atoms with Crippen LogP contribution in [0.25, 0.3) is 0 Å². The molecule has 44 heavy (non-hydrogen) atoms. The third-order valence-corrected chi connectivity index (χ3v) is 9.18. The maximum atomic E-state index is 11.7. The highest BCUT2D eigenvalue weighted by molar-refractivity contribution is 5.75. The van der Waals surface area contributed by atoms with Gasteiger partial charge in [-0.05, 0) is 70.8 Å². The third kappa shape index (κ3) is 9.83. The van der Waals surface area contributed by atoms with Gasteiger partial charge in [-0.3, -0.25) is 4.79 Å². The first-order chi connectivity index (χ1) is 21.1. The lowest BCUT2D eigenvalue weighted by Crippen LogP contribution is -2.56. The summed E-state index contributed by atoms with van der Waals surface area (Å²) in [6, 6.07) is 0.532. The fraction of sp³-hybridized carbons (Fsp3) is 0.788. The molecule has 0 aromatic heterocycles. The lowest BCUT2D eigenvalue weighted by Gasteiger charge is -2.44. The number of allylic oxidation sites excluding steroid dienone is 2. The Hall–Kier alpha value is -1.83. The molecule has 1 saturated heterocycles. The van der Waals surface area contributed by atoms with Gasteiger partial charge in [-0.2, -0.15) is 0 Å². The number of hydrogen-bond donors (Lipinski definition) is 6.